The number of carbonyl (C=O) groups is 2. The number of aromatic carboxylic acids is 1. The molecule has 1 unspecified atom stereocenters. The fourth-order valence-corrected chi connectivity index (χ4v) is 1.87. The average molecular weight is 265 g/mol. The Hall–Kier alpha value is -2.11. The van der Waals surface area contributed by atoms with Crippen molar-refractivity contribution in [2.45, 2.75) is 26.8 Å². The van der Waals surface area contributed by atoms with E-state index < -0.39 is 12.0 Å². The van der Waals surface area contributed by atoms with Crippen molar-refractivity contribution < 1.29 is 14.7 Å². The summed E-state index contributed by atoms with van der Waals surface area (Å²) in [5.41, 5.74) is 1.42. The number of carboxylic acid groups (broad SMARTS) is 1. The fraction of sp³-hybridized carbons (Fsp3) is 0.462. The number of hydrogen-bond donors (Lipinski definition) is 2. The molecule has 19 heavy (non-hydrogen) atoms. The number of amides is 1. The molecule has 0 radical (unpaired) electrons. The van der Waals surface area contributed by atoms with Crippen molar-refractivity contribution >= 4 is 17.7 Å². The van der Waals surface area contributed by atoms with E-state index in [4.69, 9.17) is 0 Å². The molecule has 0 aliphatic carbocycles. The van der Waals surface area contributed by atoms with Crippen molar-refractivity contribution in [2.24, 2.45) is 0 Å². The van der Waals surface area contributed by atoms with Crippen molar-refractivity contribution in [3.8, 4) is 0 Å². The fourth-order valence-electron chi connectivity index (χ4n) is 1.87. The van der Waals surface area contributed by atoms with E-state index in [1.807, 2.05) is 0 Å². The third-order valence-electron chi connectivity index (χ3n) is 2.72. The molecule has 0 aliphatic heterocycles. The Morgan fingerprint density at radius 1 is 1.37 bits per heavy atom. The van der Waals surface area contributed by atoms with Crippen LogP contribution in [0.1, 0.15) is 28.5 Å². The van der Waals surface area contributed by atoms with Gasteiger partial charge in [-0.15, -0.1) is 0 Å². The van der Waals surface area contributed by atoms with Crippen LogP contribution >= 0.6 is 0 Å². The van der Waals surface area contributed by atoms with Gasteiger partial charge >= 0.3 is 5.97 Å². The van der Waals surface area contributed by atoms with E-state index in [0.29, 0.717) is 11.3 Å². The molecule has 0 saturated carbocycles. The summed E-state index contributed by atoms with van der Waals surface area (Å²) in [6, 6.07) is 1.16. The number of likely N-dealkylation sites (N-methyl/N-ethyl adjacent to an activating group) is 1. The van der Waals surface area contributed by atoms with Crippen molar-refractivity contribution in [3.05, 3.63) is 22.9 Å². The number of pyridine rings is 1. The third kappa shape index (κ3) is 3.43. The molecule has 0 fully saturated rings. The highest BCUT2D eigenvalue weighted by atomic mass is 16.4. The van der Waals surface area contributed by atoms with Crippen LogP contribution in [-0.4, -0.2) is 47.0 Å². The van der Waals surface area contributed by atoms with Crippen LogP contribution in [0.5, 0.6) is 0 Å². The van der Waals surface area contributed by atoms with Crippen LogP contribution in [-0.2, 0) is 4.79 Å². The lowest BCUT2D eigenvalue weighted by Gasteiger charge is -2.20. The highest BCUT2D eigenvalue weighted by Gasteiger charge is 2.20. The van der Waals surface area contributed by atoms with Gasteiger partial charge in [-0.3, -0.25) is 4.79 Å². The van der Waals surface area contributed by atoms with Gasteiger partial charge in [-0.1, -0.05) is 0 Å². The van der Waals surface area contributed by atoms with Gasteiger partial charge in [0, 0.05) is 19.8 Å². The first-order chi connectivity index (χ1) is 8.73. The predicted octanol–water partition coefficient (Wildman–Crippen LogP) is 1.29. The Labute approximate surface area is 112 Å². The smallest absolute Gasteiger partial charge is 0.339 e. The molecule has 1 atom stereocenters. The average Bonchev–Trinajstić information content (AvgIpc) is 2.25. The second-order valence-corrected chi connectivity index (χ2v) is 4.71. The van der Waals surface area contributed by atoms with E-state index in [9.17, 15) is 14.7 Å². The molecule has 2 N–H and O–H groups in total. The second-order valence-electron chi connectivity index (χ2n) is 4.71. The lowest BCUT2D eigenvalue weighted by Crippen LogP contribution is -2.37. The van der Waals surface area contributed by atoms with Gasteiger partial charge in [0.15, 0.2) is 0 Å². The van der Waals surface area contributed by atoms with Crippen LogP contribution in [0.25, 0.3) is 0 Å². The van der Waals surface area contributed by atoms with E-state index >= 15 is 0 Å². The van der Waals surface area contributed by atoms with E-state index in [-0.39, 0.29) is 17.3 Å². The molecule has 104 valence electrons. The van der Waals surface area contributed by atoms with Crippen molar-refractivity contribution in [1.82, 2.24) is 9.88 Å². The molecule has 1 aromatic heterocycles. The summed E-state index contributed by atoms with van der Waals surface area (Å²) in [5.74, 6) is -0.970. The molecule has 1 aromatic rings. The highest BCUT2D eigenvalue weighted by molar-refractivity contribution is 5.96. The molecule has 0 aromatic carbocycles. The van der Waals surface area contributed by atoms with Crippen LogP contribution < -0.4 is 5.32 Å². The van der Waals surface area contributed by atoms with Crippen LogP contribution in [0.15, 0.2) is 6.07 Å². The van der Waals surface area contributed by atoms with Gasteiger partial charge in [0.05, 0.1) is 0 Å². The standard InChI is InChI=1S/C13H19N3O3/c1-7-6-8(2)14-11(10(7)13(18)19)15-9(3)12(17)16(4)5/h6,9H,1-5H3,(H,14,15)(H,18,19). The number of nitrogens with zero attached hydrogens (tertiary/aromatic N) is 2. The number of aromatic nitrogens is 1. The first-order valence-corrected chi connectivity index (χ1v) is 5.93. The normalized spacial score (nSPS) is 11.8. The third-order valence-corrected chi connectivity index (χ3v) is 2.72. The van der Waals surface area contributed by atoms with Gasteiger partial charge in [0.25, 0.3) is 0 Å². The Bertz CT molecular complexity index is 512. The molecule has 0 saturated heterocycles. The Kier molecular flexibility index (Phi) is 4.47. The zero-order chi connectivity index (χ0) is 14.7. The van der Waals surface area contributed by atoms with E-state index in [1.54, 1.807) is 40.9 Å². The number of nitrogens with one attached hydrogen (secondary N) is 1. The number of rotatable bonds is 4. The highest BCUT2D eigenvalue weighted by Crippen LogP contribution is 2.19. The van der Waals surface area contributed by atoms with Crippen LogP contribution in [0, 0.1) is 13.8 Å². The minimum atomic E-state index is -1.06. The second kappa shape index (κ2) is 5.69. The SMILES string of the molecule is Cc1cc(C)c(C(=O)O)c(NC(C)C(=O)N(C)C)n1. The van der Waals surface area contributed by atoms with Crippen molar-refractivity contribution in [2.75, 3.05) is 19.4 Å². The number of carboxylic acids is 1. The summed E-state index contributed by atoms with van der Waals surface area (Å²) in [6.45, 7) is 5.16. The summed E-state index contributed by atoms with van der Waals surface area (Å²) in [7, 11) is 3.29. The molecule has 1 amide bonds. The topological polar surface area (TPSA) is 82.5 Å². The summed E-state index contributed by atoms with van der Waals surface area (Å²) in [4.78, 5) is 28.7. The number of carbonyl (C=O) groups excluding carboxylic acids is 1. The van der Waals surface area contributed by atoms with E-state index in [1.165, 1.54) is 4.90 Å². The molecule has 0 spiro atoms. The lowest BCUT2D eigenvalue weighted by atomic mass is 10.1. The molecular formula is C13H19N3O3. The van der Waals surface area contributed by atoms with Gasteiger partial charge in [-0.25, -0.2) is 9.78 Å². The molecule has 0 aliphatic rings. The maximum absolute atomic E-state index is 11.8. The maximum atomic E-state index is 11.8. The van der Waals surface area contributed by atoms with Gasteiger partial charge in [-0.05, 0) is 32.4 Å². The van der Waals surface area contributed by atoms with Crippen LogP contribution in [0.2, 0.25) is 0 Å². The number of aryl methyl sites for hydroxylation is 2. The molecule has 1 rings (SSSR count). The molecule has 0 bridgehead atoms. The zero-order valence-corrected chi connectivity index (χ0v) is 11.8. The monoisotopic (exact) mass is 265 g/mol. The zero-order valence-electron chi connectivity index (χ0n) is 11.8. The van der Waals surface area contributed by atoms with Crippen molar-refractivity contribution in [3.63, 3.8) is 0 Å². The Morgan fingerprint density at radius 3 is 2.42 bits per heavy atom. The van der Waals surface area contributed by atoms with Crippen molar-refractivity contribution in [1.29, 1.82) is 0 Å². The predicted molar refractivity (Wildman–Crippen MR) is 72.4 cm³/mol. The van der Waals surface area contributed by atoms with Gasteiger partial charge < -0.3 is 15.3 Å². The first kappa shape index (κ1) is 14.9. The Morgan fingerprint density at radius 2 is 1.95 bits per heavy atom. The maximum Gasteiger partial charge on any atom is 0.339 e. The minimum Gasteiger partial charge on any atom is -0.478 e. The summed E-state index contributed by atoms with van der Waals surface area (Å²) < 4.78 is 0. The number of hydrogen-bond acceptors (Lipinski definition) is 4. The molecule has 6 nitrogen and oxygen atoms in total. The summed E-state index contributed by atoms with van der Waals surface area (Å²) >= 11 is 0. The Balaban J connectivity index is 3.13. The summed E-state index contributed by atoms with van der Waals surface area (Å²) in [5, 5.41) is 12.1. The summed E-state index contributed by atoms with van der Waals surface area (Å²) in [6.07, 6.45) is 0. The quantitative estimate of drug-likeness (QED) is 0.857. The van der Waals surface area contributed by atoms with Gasteiger partial charge in [0.2, 0.25) is 5.91 Å². The molecular weight excluding hydrogens is 246 g/mol. The first-order valence-electron chi connectivity index (χ1n) is 5.93. The van der Waals surface area contributed by atoms with E-state index in [0.717, 1.165) is 0 Å². The van der Waals surface area contributed by atoms with Gasteiger partial charge in [-0.2, -0.15) is 0 Å². The van der Waals surface area contributed by atoms with Crippen LogP contribution in [0.3, 0.4) is 0 Å². The number of anilines is 1. The molecule has 6 heteroatoms. The lowest BCUT2D eigenvalue weighted by molar-refractivity contribution is -0.129. The molecule has 1 heterocycles. The van der Waals surface area contributed by atoms with Crippen LogP contribution in [0.4, 0.5) is 5.82 Å². The van der Waals surface area contributed by atoms with Gasteiger partial charge in [0.1, 0.15) is 17.4 Å². The minimum absolute atomic E-state index is 0.101. The largest absolute Gasteiger partial charge is 0.478 e. The van der Waals surface area contributed by atoms with E-state index in [2.05, 4.69) is 10.3 Å².